The largest absolute Gasteiger partial charge is 0.497 e. The SMILES string of the molecule is CCCCNC(=O)C(Cc1ccccc1)N(Cc1cccc(OC)c1)C(=O)CN(c1ccc(Cl)cc1)S(=O)(=O)c1ccccc1. The topological polar surface area (TPSA) is 96.0 Å². The Kier molecular flexibility index (Phi) is 12.0. The lowest BCUT2D eigenvalue weighted by Crippen LogP contribution is -2.53. The number of hydrogen-bond donors (Lipinski definition) is 1. The summed E-state index contributed by atoms with van der Waals surface area (Å²) in [4.78, 5) is 29.8. The molecule has 0 aliphatic rings. The lowest BCUT2D eigenvalue weighted by molar-refractivity contribution is -0.140. The van der Waals surface area contributed by atoms with Crippen molar-refractivity contribution < 1.29 is 22.7 Å². The fraction of sp³-hybridized carbons (Fsp3) is 0.257. The number of sulfonamides is 1. The number of carbonyl (C=O) groups excluding carboxylic acids is 2. The maximum atomic E-state index is 14.5. The molecule has 1 unspecified atom stereocenters. The van der Waals surface area contributed by atoms with Gasteiger partial charge in [0.2, 0.25) is 11.8 Å². The van der Waals surface area contributed by atoms with Gasteiger partial charge in [0.05, 0.1) is 17.7 Å². The lowest BCUT2D eigenvalue weighted by Gasteiger charge is -2.34. The van der Waals surface area contributed by atoms with Crippen molar-refractivity contribution >= 4 is 39.1 Å². The third-order valence-corrected chi connectivity index (χ3v) is 9.35. The van der Waals surface area contributed by atoms with E-state index in [0.29, 0.717) is 17.3 Å². The Morgan fingerprint density at radius 1 is 0.867 bits per heavy atom. The monoisotopic (exact) mass is 647 g/mol. The van der Waals surface area contributed by atoms with E-state index in [9.17, 15) is 18.0 Å². The molecule has 0 radical (unpaired) electrons. The summed E-state index contributed by atoms with van der Waals surface area (Å²) in [6, 6.07) is 30.0. The van der Waals surface area contributed by atoms with E-state index in [1.807, 2.05) is 49.4 Å². The summed E-state index contributed by atoms with van der Waals surface area (Å²) in [7, 11) is -2.62. The Morgan fingerprint density at radius 2 is 1.51 bits per heavy atom. The van der Waals surface area contributed by atoms with Crippen LogP contribution < -0.4 is 14.4 Å². The van der Waals surface area contributed by atoms with E-state index in [1.165, 1.54) is 17.0 Å². The molecule has 1 atom stereocenters. The Morgan fingerprint density at radius 3 is 2.16 bits per heavy atom. The van der Waals surface area contributed by atoms with Crippen LogP contribution in [0.4, 0.5) is 5.69 Å². The molecule has 0 aliphatic carbocycles. The smallest absolute Gasteiger partial charge is 0.264 e. The van der Waals surface area contributed by atoms with Gasteiger partial charge in [-0.2, -0.15) is 0 Å². The number of unbranched alkanes of at least 4 members (excludes halogenated alkanes) is 1. The molecular weight excluding hydrogens is 610 g/mol. The van der Waals surface area contributed by atoms with Gasteiger partial charge < -0.3 is 15.0 Å². The van der Waals surface area contributed by atoms with Crippen LogP contribution in [0.2, 0.25) is 5.02 Å². The highest BCUT2D eigenvalue weighted by atomic mass is 35.5. The molecule has 0 saturated carbocycles. The van der Waals surface area contributed by atoms with Crippen molar-refractivity contribution in [2.45, 2.75) is 43.7 Å². The average Bonchev–Trinajstić information content (AvgIpc) is 3.06. The molecule has 45 heavy (non-hydrogen) atoms. The van der Waals surface area contributed by atoms with Crippen LogP contribution >= 0.6 is 11.6 Å². The van der Waals surface area contributed by atoms with Crippen LogP contribution in [-0.2, 0) is 32.6 Å². The number of hydrogen-bond acceptors (Lipinski definition) is 5. The number of ether oxygens (including phenoxy) is 1. The van der Waals surface area contributed by atoms with E-state index < -0.39 is 28.5 Å². The van der Waals surface area contributed by atoms with E-state index in [2.05, 4.69) is 5.32 Å². The zero-order chi connectivity index (χ0) is 32.2. The van der Waals surface area contributed by atoms with Crippen LogP contribution in [0.25, 0.3) is 0 Å². The Hall–Kier alpha value is -4.34. The standard InChI is InChI=1S/C35H38ClN3O5S/c1-3-4-22-37-35(41)33(24-27-12-7-5-8-13-27)38(25-28-14-11-15-31(23-28)44-2)34(40)26-39(30-20-18-29(36)19-21-30)45(42,43)32-16-9-6-10-17-32/h5-21,23,33H,3-4,22,24-26H2,1-2H3,(H,37,41). The minimum absolute atomic E-state index is 0.0326. The first kappa shape index (κ1) is 33.6. The highest BCUT2D eigenvalue weighted by molar-refractivity contribution is 7.92. The average molecular weight is 648 g/mol. The van der Waals surface area contributed by atoms with Gasteiger partial charge in [0.1, 0.15) is 18.3 Å². The van der Waals surface area contributed by atoms with Gasteiger partial charge in [-0.3, -0.25) is 13.9 Å². The molecule has 0 heterocycles. The molecule has 2 amide bonds. The van der Waals surface area contributed by atoms with Crippen molar-refractivity contribution in [1.82, 2.24) is 10.2 Å². The first-order chi connectivity index (χ1) is 21.7. The summed E-state index contributed by atoms with van der Waals surface area (Å²) in [5.41, 5.74) is 1.86. The number of nitrogens with zero attached hydrogens (tertiary/aromatic N) is 2. The molecule has 0 aromatic heterocycles. The van der Waals surface area contributed by atoms with E-state index in [-0.39, 0.29) is 29.5 Å². The predicted octanol–water partition coefficient (Wildman–Crippen LogP) is 6.10. The maximum absolute atomic E-state index is 14.5. The van der Waals surface area contributed by atoms with Gasteiger partial charge in [0.15, 0.2) is 0 Å². The fourth-order valence-electron chi connectivity index (χ4n) is 4.88. The number of benzene rings is 4. The molecule has 1 N–H and O–H groups in total. The first-order valence-corrected chi connectivity index (χ1v) is 16.6. The molecule has 4 aromatic carbocycles. The van der Waals surface area contributed by atoms with Gasteiger partial charge in [0.25, 0.3) is 10.0 Å². The highest BCUT2D eigenvalue weighted by Crippen LogP contribution is 2.26. The van der Waals surface area contributed by atoms with Crippen molar-refractivity contribution in [3.05, 3.63) is 125 Å². The molecule has 0 fully saturated rings. The minimum Gasteiger partial charge on any atom is -0.497 e. The summed E-state index contributed by atoms with van der Waals surface area (Å²) in [5.74, 6) is -0.257. The van der Waals surface area contributed by atoms with Crippen LogP contribution in [-0.4, -0.2) is 51.4 Å². The first-order valence-electron chi connectivity index (χ1n) is 14.8. The van der Waals surface area contributed by atoms with Crippen molar-refractivity contribution in [3.63, 3.8) is 0 Å². The van der Waals surface area contributed by atoms with E-state index in [1.54, 1.807) is 61.7 Å². The molecule has 0 spiro atoms. The predicted molar refractivity (Wildman–Crippen MR) is 178 cm³/mol. The molecule has 0 saturated heterocycles. The second-order valence-corrected chi connectivity index (χ2v) is 12.8. The second-order valence-electron chi connectivity index (χ2n) is 10.5. The Balaban J connectivity index is 1.79. The summed E-state index contributed by atoms with van der Waals surface area (Å²) >= 11 is 6.13. The number of carbonyl (C=O) groups is 2. The van der Waals surface area contributed by atoms with Gasteiger partial charge in [-0.1, -0.05) is 85.6 Å². The number of nitrogens with one attached hydrogen (secondary N) is 1. The highest BCUT2D eigenvalue weighted by Gasteiger charge is 2.34. The third-order valence-electron chi connectivity index (χ3n) is 7.31. The molecule has 0 aliphatic heterocycles. The zero-order valence-electron chi connectivity index (χ0n) is 25.4. The van der Waals surface area contributed by atoms with E-state index >= 15 is 0 Å². The minimum atomic E-state index is -4.18. The number of amides is 2. The van der Waals surface area contributed by atoms with Gasteiger partial charge in [-0.15, -0.1) is 0 Å². The second kappa shape index (κ2) is 16.1. The molecule has 10 heteroatoms. The van der Waals surface area contributed by atoms with Crippen molar-refractivity contribution in [2.75, 3.05) is 24.5 Å². The molecule has 4 rings (SSSR count). The summed E-state index contributed by atoms with van der Waals surface area (Å²) in [6.45, 7) is 2.00. The normalized spacial score (nSPS) is 11.8. The molecule has 8 nitrogen and oxygen atoms in total. The van der Waals surface area contributed by atoms with Crippen LogP contribution in [0.1, 0.15) is 30.9 Å². The number of halogens is 1. The fourth-order valence-corrected chi connectivity index (χ4v) is 6.44. The number of rotatable bonds is 15. The molecule has 236 valence electrons. The molecule has 0 bridgehead atoms. The van der Waals surface area contributed by atoms with Crippen LogP contribution in [0.3, 0.4) is 0 Å². The maximum Gasteiger partial charge on any atom is 0.264 e. The van der Waals surface area contributed by atoms with Crippen LogP contribution in [0.5, 0.6) is 5.75 Å². The summed E-state index contributed by atoms with van der Waals surface area (Å²) in [5, 5.41) is 3.42. The number of methoxy groups -OCH3 is 1. The van der Waals surface area contributed by atoms with Gasteiger partial charge in [-0.05, 0) is 66.1 Å². The van der Waals surface area contributed by atoms with Gasteiger partial charge in [0, 0.05) is 24.5 Å². The van der Waals surface area contributed by atoms with Gasteiger partial charge in [-0.25, -0.2) is 8.42 Å². The molecular formula is C35H38ClN3O5S. The Labute approximate surface area is 270 Å². The Bertz CT molecular complexity index is 1650. The van der Waals surface area contributed by atoms with Crippen molar-refractivity contribution in [1.29, 1.82) is 0 Å². The summed E-state index contributed by atoms with van der Waals surface area (Å²) < 4.78 is 34.5. The summed E-state index contributed by atoms with van der Waals surface area (Å²) in [6.07, 6.45) is 1.91. The quantitative estimate of drug-likeness (QED) is 0.157. The van der Waals surface area contributed by atoms with E-state index in [0.717, 1.165) is 28.3 Å². The van der Waals surface area contributed by atoms with Gasteiger partial charge >= 0.3 is 0 Å². The third kappa shape index (κ3) is 9.09. The van der Waals surface area contributed by atoms with E-state index in [4.69, 9.17) is 16.3 Å². The number of anilines is 1. The van der Waals surface area contributed by atoms with Crippen molar-refractivity contribution in [2.24, 2.45) is 0 Å². The van der Waals surface area contributed by atoms with Crippen molar-refractivity contribution in [3.8, 4) is 5.75 Å². The van der Waals surface area contributed by atoms with Crippen LogP contribution in [0.15, 0.2) is 114 Å². The van der Waals surface area contributed by atoms with Crippen LogP contribution in [0, 0.1) is 0 Å². The zero-order valence-corrected chi connectivity index (χ0v) is 27.0. The lowest BCUT2D eigenvalue weighted by atomic mass is 10.0. The molecule has 4 aromatic rings.